The van der Waals surface area contributed by atoms with Gasteiger partial charge in [-0.15, -0.1) is 0 Å². The van der Waals surface area contributed by atoms with Crippen LogP contribution in [0.3, 0.4) is 0 Å². The summed E-state index contributed by atoms with van der Waals surface area (Å²) in [6, 6.07) is 1.90. The normalized spacial score (nSPS) is 25.4. The Kier molecular flexibility index (Phi) is 4.77. The molecule has 0 aromatic carbocycles. The standard InChI is InChI=1S/C14H23N3O3/c1-9-5-13(20-16-9)14(18)15-6-10(2)17-7-11(3)19-12(4)8-17/h5,10-12H,6-8H2,1-4H3,(H,15,18)/t10-,11-,12+/m0/s1. The van der Waals surface area contributed by atoms with Crippen LogP contribution in [0.5, 0.6) is 0 Å². The molecule has 1 aliphatic rings. The number of morpholine rings is 1. The molecule has 1 aliphatic heterocycles. The minimum Gasteiger partial charge on any atom is -0.373 e. The fraction of sp³-hybridized carbons (Fsp3) is 0.714. The van der Waals surface area contributed by atoms with E-state index in [-0.39, 0.29) is 29.9 Å². The second kappa shape index (κ2) is 6.37. The van der Waals surface area contributed by atoms with Gasteiger partial charge in [0.25, 0.3) is 5.91 Å². The Morgan fingerprint density at radius 1 is 1.50 bits per heavy atom. The molecular formula is C14H23N3O3. The van der Waals surface area contributed by atoms with Gasteiger partial charge in [0.1, 0.15) is 0 Å². The fourth-order valence-corrected chi connectivity index (χ4v) is 2.50. The monoisotopic (exact) mass is 281 g/mol. The van der Waals surface area contributed by atoms with Crippen molar-refractivity contribution < 1.29 is 14.1 Å². The van der Waals surface area contributed by atoms with Gasteiger partial charge in [-0.25, -0.2) is 0 Å². The van der Waals surface area contributed by atoms with Gasteiger partial charge in [-0.05, 0) is 27.7 Å². The molecule has 112 valence electrons. The molecule has 1 N–H and O–H groups in total. The number of aromatic nitrogens is 1. The van der Waals surface area contributed by atoms with Crippen LogP contribution in [0.15, 0.2) is 10.6 Å². The summed E-state index contributed by atoms with van der Waals surface area (Å²) in [6.07, 6.45) is 0.461. The van der Waals surface area contributed by atoms with Crippen molar-refractivity contribution in [3.05, 3.63) is 17.5 Å². The molecule has 1 aromatic heterocycles. The van der Waals surface area contributed by atoms with Crippen molar-refractivity contribution in [2.45, 2.75) is 45.9 Å². The van der Waals surface area contributed by atoms with E-state index in [1.54, 1.807) is 13.0 Å². The Balaban J connectivity index is 1.82. The van der Waals surface area contributed by atoms with Gasteiger partial charge in [-0.2, -0.15) is 0 Å². The maximum absolute atomic E-state index is 11.9. The van der Waals surface area contributed by atoms with E-state index in [0.29, 0.717) is 12.2 Å². The van der Waals surface area contributed by atoms with Crippen molar-refractivity contribution in [2.75, 3.05) is 19.6 Å². The molecule has 1 fully saturated rings. The van der Waals surface area contributed by atoms with Crippen LogP contribution in [0.2, 0.25) is 0 Å². The minimum absolute atomic E-state index is 0.216. The molecule has 1 aromatic rings. The lowest BCUT2D eigenvalue weighted by molar-refractivity contribution is -0.0778. The van der Waals surface area contributed by atoms with Gasteiger partial charge in [0.15, 0.2) is 0 Å². The van der Waals surface area contributed by atoms with Crippen LogP contribution in [0.4, 0.5) is 0 Å². The summed E-state index contributed by atoms with van der Waals surface area (Å²) in [7, 11) is 0. The number of hydrogen-bond acceptors (Lipinski definition) is 5. The summed E-state index contributed by atoms with van der Waals surface area (Å²) in [4.78, 5) is 14.2. The molecule has 0 aliphatic carbocycles. The predicted molar refractivity (Wildman–Crippen MR) is 74.6 cm³/mol. The van der Waals surface area contributed by atoms with Gasteiger partial charge in [0.05, 0.1) is 17.9 Å². The highest BCUT2D eigenvalue weighted by Crippen LogP contribution is 2.13. The predicted octanol–water partition coefficient (Wildman–Crippen LogP) is 1.21. The van der Waals surface area contributed by atoms with Crippen LogP contribution in [0.1, 0.15) is 37.0 Å². The molecule has 3 atom stereocenters. The summed E-state index contributed by atoms with van der Waals surface area (Å²) < 4.78 is 10.7. The highest BCUT2D eigenvalue weighted by Gasteiger charge is 2.26. The first-order chi connectivity index (χ1) is 9.45. The summed E-state index contributed by atoms with van der Waals surface area (Å²) >= 11 is 0. The summed E-state index contributed by atoms with van der Waals surface area (Å²) in [5.74, 6) is 0.0465. The van der Waals surface area contributed by atoms with Crippen LogP contribution < -0.4 is 5.32 Å². The number of rotatable bonds is 4. The van der Waals surface area contributed by atoms with Crippen molar-refractivity contribution in [1.82, 2.24) is 15.4 Å². The zero-order valence-electron chi connectivity index (χ0n) is 12.5. The molecule has 0 radical (unpaired) electrons. The lowest BCUT2D eigenvalue weighted by atomic mass is 10.1. The first kappa shape index (κ1) is 15.0. The first-order valence-corrected chi connectivity index (χ1v) is 7.06. The maximum Gasteiger partial charge on any atom is 0.289 e. The zero-order chi connectivity index (χ0) is 14.7. The quantitative estimate of drug-likeness (QED) is 0.898. The number of nitrogens with zero attached hydrogens (tertiary/aromatic N) is 2. The molecule has 0 bridgehead atoms. The van der Waals surface area contributed by atoms with Crippen LogP contribution in [-0.4, -0.2) is 53.8 Å². The van der Waals surface area contributed by atoms with E-state index in [4.69, 9.17) is 9.26 Å². The van der Waals surface area contributed by atoms with E-state index in [2.05, 4.69) is 36.1 Å². The molecule has 0 saturated carbocycles. The molecule has 1 saturated heterocycles. The highest BCUT2D eigenvalue weighted by atomic mass is 16.5. The molecule has 1 amide bonds. The van der Waals surface area contributed by atoms with Gasteiger partial charge in [0.2, 0.25) is 5.76 Å². The molecule has 2 heterocycles. The molecule has 0 unspecified atom stereocenters. The minimum atomic E-state index is -0.216. The third-order valence-electron chi connectivity index (χ3n) is 3.48. The average Bonchev–Trinajstić information content (AvgIpc) is 2.81. The van der Waals surface area contributed by atoms with Crippen molar-refractivity contribution >= 4 is 5.91 Å². The lowest BCUT2D eigenvalue weighted by Gasteiger charge is -2.38. The Bertz CT molecular complexity index is 450. The van der Waals surface area contributed by atoms with Gasteiger partial charge < -0.3 is 14.6 Å². The molecule has 2 rings (SSSR count). The van der Waals surface area contributed by atoms with Crippen molar-refractivity contribution in [1.29, 1.82) is 0 Å². The van der Waals surface area contributed by atoms with Crippen LogP contribution >= 0.6 is 0 Å². The average molecular weight is 281 g/mol. The van der Waals surface area contributed by atoms with Crippen LogP contribution in [0, 0.1) is 6.92 Å². The topological polar surface area (TPSA) is 67.6 Å². The second-order valence-electron chi connectivity index (χ2n) is 5.60. The van der Waals surface area contributed by atoms with E-state index in [1.165, 1.54) is 0 Å². The largest absolute Gasteiger partial charge is 0.373 e. The van der Waals surface area contributed by atoms with E-state index < -0.39 is 0 Å². The van der Waals surface area contributed by atoms with E-state index >= 15 is 0 Å². The Hall–Kier alpha value is -1.40. The Morgan fingerprint density at radius 3 is 2.70 bits per heavy atom. The van der Waals surface area contributed by atoms with E-state index in [9.17, 15) is 4.79 Å². The maximum atomic E-state index is 11.9. The van der Waals surface area contributed by atoms with Gasteiger partial charge in [0, 0.05) is 31.7 Å². The summed E-state index contributed by atoms with van der Waals surface area (Å²) in [5.41, 5.74) is 0.707. The van der Waals surface area contributed by atoms with Crippen LogP contribution in [0.25, 0.3) is 0 Å². The highest BCUT2D eigenvalue weighted by molar-refractivity contribution is 5.91. The molecular weight excluding hydrogens is 258 g/mol. The Morgan fingerprint density at radius 2 is 2.15 bits per heavy atom. The Labute approximate surface area is 119 Å². The first-order valence-electron chi connectivity index (χ1n) is 7.06. The van der Waals surface area contributed by atoms with Gasteiger partial charge in [-0.1, -0.05) is 5.16 Å². The number of amides is 1. The third kappa shape index (κ3) is 3.80. The number of hydrogen-bond donors (Lipinski definition) is 1. The SMILES string of the molecule is Cc1cc(C(=O)NC[C@H](C)N2C[C@@H](C)O[C@@H](C)C2)on1. The number of aryl methyl sites for hydroxylation is 1. The number of nitrogens with one attached hydrogen (secondary N) is 1. The van der Waals surface area contributed by atoms with E-state index in [1.807, 2.05) is 0 Å². The fourth-order valence-electron chi connectivity index (χ4n) is 2.50. The molecule has 6 nitrogen and oxygen atoms in total. The lowest BCUT2D eigenvalue weighted by Crippen LogP contribution is -2.52. The van der Waals surface area contributed by atoms with Gasteiger partial charge in [-0.3, -0.25) is 9.69 Å². The molecule has 20 heavy (non-hydrogen) atoms. The third-order valence-corrected chi connectivity index (χ3v) is 3.48. The summed E-state index contributed by atoms with van der Waals surface area (Å²) in [6.45, 7) is 10.4. The smallest absolute Gasteiger partial charge is 0.289 e. The summed E-state index contributed by atoms with van der Waals surface area (Å²) in [5, 5.41) is 6.60. The molecule has 6 heteroatoms. The second-order valence-corrected chi connectivity index (χ2v) is 5.60. The van der Waals surface area contributed by atoms with Crippen molar-refractivity contribution in [3.8, 4) is 0 Å². The number of ether oxygens (including phenoxy) is 1. The van der Waals surface area contributed by atoms with Gasteiger partial charge >= 0.3 is 0 Å². The van der Waals surface area contributed by atoms with Crippen LogP contribution in [-0.2, 0) is 4.74 Å². The van der Waals surface area contributed by atoms with E-state index in [0.717, 1.165) is 13.1 Å². The zero-order valence-corrected chi connectivity index (χ0v) is 12.5. The molecule has 0 spiro atoms. The number of carbonyl (C=O) groups excluding carboxylic acids is 1. The van der Waals surface area contributed by atoms with Crippen molar-refractivity contribution in [3.63, 3.8) is 0 Å². The van der Waals surface area contributed by atoms with Crippen molar-refractivity contribution in [2.24, 2.45) is 0 Å². The number of carbonyl (C=O) groups is 1.